The van der Waals surface area contributed by atoms with Crippen molar-refractivity contribution in [3.05, 3.63) is 0 Å². The highest BCUT2D eigenvalue weighted by atomic mass is 16.3. The van der Waals surface area contributed by atoms with Gasteiger partial charge < -0.3 is 5.11 Å². The second kappa shape index (κ2) is 3.97. The van der Waals surface area contributed by atoms with Gasteiger partial charge in [-0.2, -0.15) is 0 Å². The zero-order valence-corrected chi connectivity index (χ0v) is 6.84. The molecule has 0 radical (unpaired) electrons. The van der Waals surface area contributed by atoms with Crippen molar-refractivity contribution < 1.29 is 5.11 Å². The Morgan fingerprint density at radius 2 is 2.20 bits per heavy atom. The third kappa shape index (κ3) is 2.30. The number of aliphatic hydroxyl groups is 1. The van der Waals surface area contributed by atoms with Gasteiger partial charge in [0.2, 0.25) is 0 Å². The molecule has 0 heterocycles. The molecular weight excluding hydrogens is 124 g/mol. The van der Waals surface area contributed by atoms with Crippen molar-refractivity contribution in [2.75, 3.05) is 0 Å². The summed E-state index contributed by atoms with van der Waals surface area (Å²) in [6.45, 7) is 2.13. The predicted molar refractivity (Wildman–Crippen MR) is 42.9 cm³/mol. The first-order chi connectivity index (χ1) is 4.83. The van der Waals surface area contributed by atoms with Crippen LogP contribution in [0.15, 0.2) is 0 Å². The highest BCUT2D eigenvalue weighted by molar-refractivity contribution is 4.72. The van der Waals surface area contributed by atoms with Gasteiger partial charge >= 0.3 is 0 Å². The van der Waals surface area contributed by atoms with E-state index in [0.29, 0.717) is 0 Å². The first-order valence-electron chi connectivity index (χ1n) is 4.51. The van der Waals surface area contributed by atoms with Gasteiger partial charge in [-0.15, -0.1) is 0 Å². The molecule has 0 aliphatic heterocycles. The first kappa shape index (κ1) is 8.06. The monoisotopic (exact) mass is 142 g/mol. The molecule has 60 valence electrons. The van der Waals surface area contributed by atoms with E-state index in [0.717, 1.165) is 25.2 Å². The maximum atomic E-state index is 9.38. The van der Waals surface area contributed by atoms with E-state index in [1.165, 1.54) is 19.3 Å². The van der Waals surface area contributed by atoms with E-state index in [-0.39, 0.29) is 6.10 Å². The summed E-state index contributed by atoms with van der Waals surface area (Å²) in [6.07, 6.45) is 7.29. The highest BCUT2D eigenvalue weighted by Gasteiger charge is 2.19. The van der Waals surface area contributed by atoms with Crippen LogP contribution in [0.2, 0.25) is 0 Å². The summed E-state index contributed by atoms with van der Waals surface area (Å²) < 4.78 is 0. The third-order valence-electron chi connectivity index (χ3n) is 2.45. The molecule has 0 aromatic carbocycles. The lowest BCUT2D eigenvalue weighted by Crippen LogP contribution is -2.18. The maximum Gasteiger partial charge on any atom is 0.0542 e. The third-order valence-corrected chi connectivity index (χ3v) is 2.45. The van der Waals surface area contributed by atoms with E-state index >= 15 is 0 Å². The van der Waals surface area contributed by atoms with E-state index in [4.69, 9.17) is 0 Å². The van der Waals surface area contributed by atoms with Crippen LogP contribution in [-0.4, -0.2) is 11.2 Å². The fourth-order valence-electron chi connectivity index (χ4n) is 1.56. The van der Waals surface area contributed by atoms with Crippen LogP contribution in [0, 0.1) is 5.92 Å². The lowest BCUT2D eigenvalue weighted by atomic mass is 9.81. The molecule has 10 heavy (non-hydrogen) atoms. The second-order valence-corrected chi connectivity index (χ2v) is 3.48. The summed E-state index contributed by atoms with van der Waals surface area (Å²) in [7, 11) is 0. The quantitative estimate of drug-likeness (QED) is 0.638. The summed E-state index contributed by atoms with van der Waals surface area (Å²) in [5.74, 6) is 0.863. The molecule has 1 rings (SSSR count). The molecule has 1 saturated carbocycles. The van der Waals surface area contributed by atoms with Crippen molar-refractivity contribution in [1.29, 1.82) is 0 Å². The lowest BCUT2D eigenvalue weighted by molar-refractivity contribution is 0.109. The van der Waals surface area contributed by atoms with Gasteiger partial charge in [0.1, 0.15) is 0 Å². The Bertz CT molecular complexity index is 86.7. The molecule has 0 amide bonds. The first-order valence-corrected chi connectivity index (χ1v) is 4.51. The minimum absolute atomic E-state index is 0.00435. The number of aliphatic hydroxyl groups excluding tert-OH is 1. The molecule has 0 bridgehead atoms. The van der Waals surface area contributed by atoms with Gasteiger partial charge in [-0.1, -0.05) is 32.6 Å². The molecule has 1 N–H and O–H groups in total. The minimum atomic E-state index is -0.00435. The van der Waals surface area contributed by atoms with Gasteiger partial charge in [-0.05, 0) is 18.8 Å². The largest absolute Gasteiger partial charge is 0.393 e. The molecule has 0 unspecified atom stereocenters. The van der Waals surface area contributed by atoms with Crippen LogP contribution in [0.4, 0.5) is 0 Å². The molecule has 0 saturated heterocycles. The van der Waals surface area contributed by atoms with Crippen LogP contribution in [0.1, 0.15) is 45.4 Å². The summed E-state index contributed by atoms with van der Waals surface area (Å²) in [5, 5.41) is 9.38. The molecule has 0 aromatic heterocycles. The van der Waals surface area contributed by atoms with Crippen LogP contribution in [0.5, 0.6) is 0 Å². The van der Waals surface area contributed by atoms with Gasteiger partial charge in [0.05, 0.1) is 6.10 Å². The smallest absolute Gasteiger partial charge is 0.0542 e. The van der Waals surface area contributed by atoms with E-state index in [1.54, 1.807) is 0 Å². The molecular formula is C9H18O. The Labute approximate surface area is 63.4 Å². The standard InChI is InChI=1S/C9H18O/c1-2-4-9(10)7-8-5-3-6-8/h8-10H,2-7H2,1H3/t9-/m0/s1. The molecule has 1 aliphatic rings. The van der Waals surface area contributed by atoms with Crippen molar-refractivity contribution >= 4 is 0 Å². The SMILES string of the molecule is CCC[C@H](O)CC1CCC1. The summed E-state index contributed by atoms with van der Waals surface area (Å²) in [5.41, 5.74) is 0. The predicted octanol–water partition coefficient (Wildman–Crippen LogP) is 2.34. The summed E-state index contributed by atoms with van der Waals surface area (Å²) >= 11 is 0. The highest BCUT2D eigenvalue weighted by Crippen LogP contribution is 2.31. The molecule has 1 nitrogen and oxygen atoms in total. The number of rotatable bonds is 4. The zero-order valence-electron chi connectivity index (χ0n) is 6.84. The Balaban J connectivity index is 1.99. The van der Waals surface area contributed by atoms with Crippen LogP contribution >= 0.6 is 0 Å². The Morgan fingerprint density at radius 3 is 2.60 bits per heavy atom. The molecule has 0 aromatic rings. The van der Waals surface area contributed by atoms with E-state index in [1.807, 2.05) is 0 Å². The average Bonchev–Trinajstić information content (AvgIpc) is 1.80. The van der Waals surface area contributed by atoms with Crippen molar-refractivity contribution in [1.82, 2.24) is 0 Å². The van der Waals surface area contributed by atoms with E-state index in [9.17, 15) is 5.11 Å². The zero-order chi connectivity index (χ0) is 7.40. The van der Waals surface area contributed by atoms with Crippen LogP contribution < -0.4 is 0 Å². The average molecular weight is 142 g/mol. The van der Waals surface area contributed by atoms with Crippen LogP contribution in [0.25, 0.3) is 0 Å². The summed E-state index contributed by atoms with van der Waals surface area (Å²) in [4.78, 5) is 0. The molecule has 1 heteroatoms. The molecule has 0 spiro atoms. The van der Waals surface area contributed by atoms with Gasteiger partial charge in [-0.25, -0.2) is 0 Å². The Hall–Kier alpha value is -0.0400. The fraction of sp³-hybridized carbons (Fsp3) is 1.00. The van der Waals surface area contributed by atoms with E-state index in [2.05, 4.69) is 6.92 Å². The number of hydrogen-bond acceptors (Lipinski definition) is 1. The normalized spacial score (nSPS) is 22.2. The summed E-state index contributed by atoms with van der Waals surface area (Å²) in [6, 6.07) is 0. The van der Waals surface area contributed by atoms with Crippen molar-refractivity contribution in [2.24, 2.45) is 5.92 Å². The van der Waals surface area contributed by atoms with Crippen molar-refractivity contribution in [3.8, 4) is 0 Å². The molecule has 1 aliphatic carbocycles. The topological polar surface area (TPSA) is 20.2 Å². The Kier molecular flexibility index (Phi) is 3.20. The maximum absolute atomic E-state index is 9.38. The van der Waals surface area contributed by atoms with Crippen molar-refractivity contribution in [2.45, 2.75) is 51.6 Å². The van der Waals surface area contributed by atoms with Gasteiger partial charge in [0.15, 0.2) is 0 Å². The lowest BCUT2D eigenvalue weighted by Gasteiger charge is -2.27. The minimum Gasteiger partial charge on any atom is -0.393 e. The fourth-order valence-corrected chi connectivity index (χ4v) is 1.56. The van der Waals surface area contributed by atoms with Gasteiger partial charge in [-0.3, -0.25) is 0 Å². The van der Waals surface area contributed by atoms with Gasteiger partial charge in [0, 0.05) is 0 Å². The van der Waals surface area contributed by atoms with Crippen LogP contribution in [0.3, 0.4) is 0 Å². The number of hydrogen-bond donors (Lipinski definition) is 1. The molecule has 1 fully saturated rings. The van der Waals surface area contributed by atoms with Crippen LogP contribution in [-0.2, 0) is 0 Å². The second-order valence-electron chi connectivity index (χ2n) is 3.48. The van der Waals surface area contributed by atoms with E-state index < -0.39 is 0 Å². The molecule has 1 atom stereocenters. The van der Waals surface area contributed by atoms with Gasteiger partial charge in [0.25, 0.3) is 0 Å². The van der Waals surface area contributed by atoms with Crippen molar-refractivity contribution in [3.63, 3.8) is 0 Å². The Morgan fingerprint density at radius 1 is 1.50 bits per heavy atom.